The predicted octanol–water partition coefficient (Wildman–Crippen LogP) is 2.70. The smallest absolute Gasteiger partial charge is 0.234 e. The molecule has 2 rings (SSSR count). The second kappa shape index (κ2) is 7.53. The van der Waals surface area contributed by atoms with Gasteiger partial charge in [-0.15, -0.1) is 0 Å². The van der Waals surface area contributed by atoms with Crippen LogP contribution in [0.25, 0.3) is 0 Å². The topological polar surface area (TPSA) is 41.1 Å². The Hall–Kier alpha value is -0.220. The minimum Gasteiger partial charge on any atom is -0.352 e. The van der Waals surface area contributed by atoms with Crippen molar-refractivity contribution in [3.05, 3.63) is 0 Å². The van der Waals surface area contributed by atoms with Crippen molar-refractivity contribution in [3.8, 4) is 0 Å². The molecule has 0 saturated heterocycles. The van der Waals surface area contributed by atoms with Crippen LogP contribution in [0.15, 0.2) is 0 Å². The van der Waals surface area contributed by atoms with Gasteiger partial charge in [-0.05, 0) is 31.9 Å². The summed E-state index contributed by atoms with van der Waals surface area (Å²) in [5.41, 5.74) is 0. The number of carbonyl (C=O) groups is 1. The van der Waals surface area contributed by atoms with Gasteiger partial charge in [-0.25, -0.2) is 0 Å². The summed E-state index contributed by atoms with van der Waals surface area (Å²) in [7, 11) is 0. The molecule has 110 valence electrons. The largest absolute Gasteiger partial charge is 0.352 e. The molecule has 19 heavy (non-hydrogen) atoms. The molecule has 0 aliphatic heterocycles. The molecule has 0 spiro atoms. The van der Waals surface area contributed by atoms with E-state index in [1.807, 2.05) is 11.8 Å². The summed E-state index contributed by atoms with van der Waals surface area (Å²) in [5, 5.41) is 6.53. The van der Waals surface area contributed by atoms with Crippen LogP contribution in [-0.2, 0) is 4.79 Å². The maximum atomic E-state index is 11.9. The fourth-order valence-corrected chi connectivity index (χ4v) is 4.35. The minimum atomic E-state index is 0.180. The lowest BCUT2D eigenvalue weighted by Crippen LogP contribution is -2.44. The summed E-state index contributed by atoms with van der Waals surface area (Å²) in [6, 6.07) is 0.443. The van der Waals surface area contributed by atoms with Crippen LogP contribution in [0, 0.1) is 0 Å². The van der Waals surface area contributed by atoms with Crippen LogP contribution in [0.4, 0.5) is 0 Å². The lowest BCUT2D eigenvalue weighted by Gasteiger charge is -2.36. The highest BCUT2D eigenvalue weighted by molar-refractivity contribution is 8.00. The van der Waals surface area contributed by atoms with Crippen LogP contribution in [0.3, 0.4) is 0 Å². The SMILES string of the molecule is CSC1(CNCC(=O)NC2CCCC2)CCCCC1. The van der Waals surface area contributed by atoms with Gasteiger partial charge in [0.2, 0.25) is 5.91 Å². The van der Waals surface area contributed by atoms with Crippen molar-refractivity contribution in [3.63, 3.8) is 0 Å². The van der Waals surface area contributed by atoms with Crippen molar-refractivity contribution in [2.45, 2.75) is 68.6 Å². The molecular formula is C15H28N2OS. The molecule has 3 nitrogen and oxygen atoms in total. The molecule has 0 radical (unpaired) electrons. The summed E-state index contributed by atoms with van der Waals surface area (Å²) in [4.78, 5) is 11.9. The molecule has 0 bridgehead atoms. The van der Waals surface area contributed by atoms with Crippen LogP contribution in [0.5, 0.6) is 0 Å². The second-order valence-corrected chi connectivity index (χ2v) is 7.37. The molecule has 0 aromatic heterocycles. The molecule has 0 aromatic carbocycles. The zero-order chi connectivity index (χ0) is 13.6. The van der Waals surface area contributed by atoms with Crippen LogP contribution in [-0.4, -0.2) is 36.0 Å². The molecule has 0 heterocycles. The van der Waals surface area contributed by atoms with Gasteiger partial charge in [-0.2, -0.15) is 11.8 Å². The van der Waals surface area contributed by atoms with Crippen molar-refractivity contribution in [1.82, 2.24) is 10.6 Å². The van der Waals surface area contributed by atoms with E-state index in [0.29, 0.717) is 17.3 Å². The van der Waals surface area contributed by atoms with Crippen molar-refractivity contribution < 1.29 is 4.79 Å². The standard InChI is InChI=1S/C15H28N2OS/c1-19-15(9-5-2-6-10-15)12-16-11-14(18)17-13-7-3-4-8-13/h13,16H,2-12H2,1H3,(H,17,18). The van der Waals surface area contributed by atoms with Crippen LogP contribution in [0.1, 0.15) is 57.8 Å². The molecule has 2 aliphatic carbocycles. The average molecular weight is 284 g/mol. The highest BCUT2D eigenvalue weighted by Crippen LogP contribution is 2.37. The molecule has 2 saturated carbocycles. The number of hydrogen-bond donors (Lipinski definition) is 2. The number of rotatable bonds is 6. The molecule has 2 fully saturated rings. The summed E-state index contributed by atoms with van der Waals surface area (Å²) < 4.78 is 0.381. The van der Waals surface area contributed by atoms with E-state index in [9.17, 15) is 4.79 Å². The molecule has 0 unspecified atom stereocenters. The Morgan fingerprint density at radius 2 is 1.84 bits per heavy atom. The van der Waals surface area contributed by atoms with E-state index in [2.05, 4.69) is 16.9 Å². The highest BCUT2D eigenvalue weighted by Gasteiger charge is 2.30. The Labute approximate surface area is 121 Å². The summed E-state index contributed by atoms with van der Waals surface area (Å²) >= 11 is 1.98. The average Bonchev–Trinajstić information content (AvgIpc) is 2.92. The molecule has 4 heteroatoms. The van der Waals surface area contributed by atoms with E-state index < -0.39 is 0 Å². The highest BCUT2D eigenvalue weighted by atomic mass is 32.2. The first-order valence-electron chi connectivity index (χ1n) is 7.79. The molecule has 0 aromatic rings. The summed E-state index contributed by atoms with van der Waals surface area (Å²) in [5.74, 6) is 0.180. The van der Waals surface area contributed by atoms with Gasteiger partial charge in [0.25, 0.3) is 0 Å². The number of carbonyl (C=O) groups excluding carboxylic acids is 1. The third-order valence-corrected chi connectivity index (χ3v) is 6.07. The number of nitrogens with one attached hydrogen (secondary N) is 2. The Bertz CT molecular complexity index is 284. The van der Waals surface area contributed by atoms with Gasteiger partial charge in [0, 0.05) is 17.3 Å². The van der Waals surface area contributed by atoms with E-state index in [1.54, 1.807) is 0 Å². The van der Waals surface area contributed by atoms with Crippen molar-refractivity contribution in [2.24, 2.45) is 0 Å². The van der Waals surface area contributed by atoms with Gasteiger partial charge >= 0.3 is 0 Å². The third-order valence-electron chi connectivity index (χ3n) is 4.65. The third kappa shape index (κ3) is 4.67. The first-order valence-corrected chi connectivity index (χ1v) is 9.02. The Balaban J connectivity index is 1.65. The lowest BCUT2D eigenvalue weighted by atomic mass is 9.88. The summed E-state index contributed by atoms with van der Waals surface area (Å²) in [6.07, 6.45) is 13.8. The van der Waals surface area contributed by atoms with Gasteiger partial charge in [-0.3, -0.25) is 4.79 Å². The lowest BCUT2D eigenvalue weighted by molar-refractivity contribution is -0.120. The normalized spacial score (nSPS) is 23.4. The van der Waals surface area contributed by atoms with E-state index in [0.717, 1.165) is 6.54 Å². The summed E-state index contributed by atoms with van der Waals surface area (Å²) in [6.45, 7) is 1.46. The van der Waals surface area contributed by atoms with Crippen molar-refractivity contribution >= 4 is 17.7 Å². The van der Waals surface area contributed by atoms with Gasteiger partial charge in [0.15, 0.2) is 0 Å². The van der Waals surface area contributed by atoms with Crippen LogP contribution >= 0.6 is 11.8 Å². The molecular weight excluding hydrogens is 256 g/mol. The molecule has 2 N–H and O–H groups in total. The van der Waals surface area contributed by atoms with Gasteiger partial charge in [0.05, 0.1) is 6.54 Å². The Morgan fingerprint density at radius 3 is 2.47 bits per heavy atom. The first kappa shape index (κ1) is 15.2. The predicted molar refractivity (Wildman–Crippen MR) is 82.6 cm³/mol. The van der Waals surface area contributed by atoms with Crippen LogP contribution < -0.4 is 10.6 Å². The quantitative estimate of drug-likeness (QED) is 0.788. The van der Waals surface area contributed by atoms with E-state index in [-0.39, 0.29) is 5.91 Å². The Kier molecular flexibility index (Phi) is 6.02. The first-order chi connectivity index (χ1) is 9.24. The molecule has 1 amide bonds. The minimum absolute atomic E-state index is 0.180. The molecule has 2 aliphatic rings. The Morgan fingerprint density at radius 1 is 1.16 bits per heavy atom. The second-order valence-electron chi connectivity index (χ2n) is 6.10. The van der Waals surface area contributed by atoms with Gasteiger partial charge in [-0.1, -0.05) is 32.1 Å². The zero-order valence-corrected chi connectivity index (χ0v) is 13.0. The number of amides is 1. The van der Waals surface area contributed by atoms with Gasteiger partial charge < -0.3 is 10.6 Å². The number of hydrogen-bond acceptors (Lipinski definition) is 3. The van der Waals surface area contributed by atoms with Gasteiger partial charge in [0.1, 0.15) is 0 Å². The maximum Gasteiger partial charge on any atom is 0.234 e. The van der Waals surface area contributed by atoms with E-state index in [1.165, 1.54) is 57.8 Å². The number of thioether (sulfide) groups is 1. The van der Waals surface area contributed by atoms with Crippen molar-refractivity contribution in [2.75, 3.05) is 19.3 Å². The fraction of sp³-hybridized carbons (Fsp3) is 0.933. The van der Waals surface area contributed by atoms with Crippen molar-refractivity contribution in [1.29, 1.82) is 0 Å². The fourth-order valence-electron chi connectivity index (χ4n) is 3.40. The van der Waals surface area contributed by atoms with Crippen LogP contribution in [0.2, 0.25) is 0 Å². The van der Waals surface area contributed by atoms with E-state index in [4.69, 9.17) is 0 Å². The van der Waals surface area contributed by atoms with E-state index >= 15 is 0 Å². The monoisotopic (exact) mass is 284 g/mol. The molecule has 0 atom stereocenters. The zero-order valence-electron chi connectivity index (χ0n) is 12.2. The maximum absolute atomic E-state index is 11.9.